The summed E-state index contributed by atoms with van der Waals surface area (Å²) in [4.78, 5) is 25.5. The van der Waals surface area contributed by atoms with Crippen LogP contribution in [0.5, 0.6) is 5.75 Å². The number of urea groups is 1. The number of benzene rings is 2. The van der Waals surface area contributed by atoms with E-state index in [-0.39, 0.29) is 30.9 Å². The molecule has 1 saturated heterocycles. The van der Waals surface area contributed by atoms with E-state index < -0.39 is 6.03 Å². The second kappa shape index (κ2) is 11.0. The molecule has 1 fully saturated rings. The molecule has 1 atom stereocenters. The third-order valence-electron chi connectivity index (χ3n) is 4.94. The predicted molar refractivity (Wildman–Crippen MR) is 116 cm³/mol. The lowest BCUT2D eigenvalue weighted by Crippen LogP contribution is -2.34. The van der Waals surface area contributed by atoms with E-state index in [1.165, 1.54) is 18.2 Å². The van der Waals surface area contributed by atoms with E-state index >= 15 is 0 Å². The number of nitrogens with one attached hydrogen (secondary N) is 1. The van der Waals surface area contributed by atoms with E-state index in [0.717, 1.165) is 5.56 Å². The van der Waals surface area contributed by atoms with Crippen molar-refractivity contribution in [2.24, 2.45) is 5.73 Å². The van der Waals surface area contributed by atoms with Gasteiger partial charge in [0.15, 0.2) is 0 Å². The number of hydrogen-bond donors (Lipinski definition) is 2. The Kier molecular flexibility index (Phi) is 8.08. The molecule has 0 aromatic heterocycles. The van der Waals surface area contributed by atoms with Crippen LogP contribution in [-0.2, 0) is 16.0 Å². The van der Waals surface area contributed by atoms with Crippen molar-refractivity contribution in [2.45, 2.75) is 25.4 Å². The van der Waals surface area contributed by atoms with Crippen molar-refractivity contribution >= 4 is 29.2 Å². The molecule has 0 radical (unpaired) electrons. The Morgan fingerprint density at radius 1 is 1.23 bits per heavy atom. The van der Waals surface area contributed by atoms with E-state index in [2.05, 4.69) is 5.32 Å². The van der Waals surface area contributed by atoms with Crippen molar-refractivity contribution in [1.82, 2.24) is 4.90 Å². The highest BCUT2D eigenvalue weighted by Gasteiger charge is 2.21. The molecule has 9 heteroatoms. The van der Waals surface area contributed by atoms with E-state index in [4.69, 9.17) is 26.8 Å². The normalized spacial score (nSPS) is 16.5. The third-order valence-corrected chi connectivity index (χ3v) is 5.17. The molecule has 1 unspecified atom stereocenters. The monoisotopic (exact) mass is 449 g/mol. The molecule has 3 N–H and O–H groups in total. The van der Waals surface area contributed by atoms with Gasteiger partial charge in [-0.3, -0.25) is 4.79 Å². The molecule has 3 amide bonds. The number of primary amides is 1. The lowest BCUT2D eigenvalue weighted by Gasteiger charge is -2.20. The quantitative estimate of drug-likeness (QED) is 0.675. The van der Waals surface area contributed by atoms with Crippen molar-refractivity contribution in [3.05, 3.63) is 58.9 Å². The SMILES string of the molecule is NC(=O)Nc1cc(Cl)ccc1OCCC(=O)N1CCOC(Cc2ccc(F)cc2)CC1. The third kappa shape index (κ3) is 7.11. The van der Waals surface area contributed by atoms with E-state index in [1.807, 2.05) is 0 Å². The van der Waals surface area contributed by atoms with Gasteiger partial charge in [0.05, 0.1) is 31.4 Å². The Balaban J connectivity index is 1.47. The standard InChI is InChI=1S/C22H25ClFN3O4/c23-16-3-6-20(19(14-16)26-22(25)29)31-11-8-21(28)27-9-7-18(30-12-10-27)13-15-1-4-17(24)5-2-15/h1-6,14,18H,7-13H2,(H3,25,26,29). The van der Waals surface area contributed by atoms with Gasteiger partial charge in [-0.15, -0.1) is 0 Å². The average molecular weight is 450 g/mol. The number of anilines is 1. The van der Waals surface area contributed by atoms with Crippen molar-refractivity contribution in [3.8, 4) is 5.75 Å². The maximum atomic E-state index is 13.1. The average Bonchev–Trinajstić information content (AvgIpc) is 2.96. The highest BCUT2D eigenvalue weighted by Crippen LogP contribution is 2.28. The summed E-state index contributed by atoms with van der Waals surface area (Å²) in [7, 11) is 0. The highest BCUT2D eigenvalue weighted by atomic mass is 35.5. The van der Waals surface area contributed by atoms with Crippen LogP contribution in [0.15, 0.2) is 42.5 Å². The lowest BCUT2D eigenvalue weighted by atomic mass is 10.1. The molecule has 1 aliphatic rings. The zero-order valence-electron chi connectivity index (χ0n) is 17.0. The van der Waals surface area contributed by atoms with Crippen LogP contribution in [0.1, 0.15) is 18.4 Å². The Bertz CT molecular complexity index is 910. The van der Waals surface area contributed by atoms with Crippen molar-refractivity contribution in [3.63, 3.8) is 0 Å². The van der Waals surface area contributed by atoms with Gasteiger partial charge in [-0.2, -0.15) is 0 Å². The van der Waals surface area contributed by atoms with E-state index in [0.29, 0.717) is 49.0 Å². The molecule has 166 valence electrons. The molecule has 0 spiro atoms. The predicted octanol–water partition coefficient (Wildman–Crippen LogP) is 3.60. The summed E-state index contributed by atoms with van der Waals surface area (Å²) in [5.74, 6) is 0.0830. The molecular weight excluding hydrogens is 425 g/mol. The molecular formula is C22H25ClFN3O4. The van der Waals surface area contributed by atoms with Crippen molar-refractivity contribution < 1.29 is 23.5 Å². The first kappa shape index (κ1) is 22.8. The van der Waals surface area contributed by atoms with Gasteiger partial charge in [-0.05, 0) is 48.7 Å². The van der Waals surface area contributed by atoms with Crippen LogP contribution < -0.4 is 15.8 Å². The summed E-state index contributed by atoms with van der Waals surface area (Å²) in [6.07, 6.45) is 1.54. The van der Waals surface area contributed by atoms with Gasteiger partial charge in [0.25, 0.3) is 0 Å². The van der Waals surface area contributed by atoms with Crippen LogP contribution in [0, 0.1) is 5.82 Å². The van der Waals surface area contributed by atoms with Crippen LogP contribution in [0.2, 0.25) is 5.02 Å². The van der Waals surface area contributed by atoms with Crippen LogP contribution in [0.25, 0.3) is 0 Å². The minimum atomic E-state index is -0.733. The fraction of sp³-hybridized carbons (Fsp3) is 0.364. The second-order valence-corrected chi connectivity index (χ2v) is 7.66. The van der Waals surface area contributed by atoms with Crippen molar-refractivity contribution in [2.75, 3.05) is 31.6 Å². The summed E-state index contributed by atoms with van der Waals surface area (Å²) in [6.45, 7) is 1.68. The Labute approximate surface area is 185 Å². The zero-order chi connectivity index (χ0) is 22.2. The van der Waals surface area contributed by atoms with Crippen LogP contribution in [0.3, 0.4) is 0 Å². The van der Waals surface area contributed by atoms with Gasteiger partial charge < -0.3 is 25.4 Å². The number of carbonyl (C=O) groups excluding carboxylic acids is 2. The smallest absolute Gasteiger partial charge is 0.316 e. The molecule has 0 saturated carbocycles. The number of rotatable bonds is 7. The largest absolute Gasteiger partial charge is 0.491 e. The maximum absolute atomic E-state index is 13.1. The summed E-state index contributed by atoms with van der Waals surface area (Å²) >= 11 is 5.93. The molecule has 2 aromatic carbocycles. The molecule has 31 heavy (non-hydrogen) atoms. The van der Waals surface area contributed by atoms with Crippen LogP contribution >= 0.6 is 11.6 Å². The lowest BCUT2D eigenvalue weighted by molar-refractivity contribution is -0.131. The number of ether oxygens (including phenoxy) is 2. The number of halogens is 2. The van der Waals surface area contributed by atoms with Gasteiger partial charge in [0.2, 0.25) is 5.91 Å². The minimum Gasteiger partial charge on any atom is -0.491 e. The van der Waals surface area contributed by atoms with Gasteiger partial charge >= 0.3 is 6.03 Å². The van der Waals surface area contributed by atoms with Gasteiger partial charge in [0.1, 0.15) is 11.6 Å². The summed E-state index contributed by atoms with van der Waals surface area (Å²) < 4.78 is 24.6. The minimum absolute atomic E-state index is 0.0176. The van der Waals surface area contributed by atoms with Gasteiger partial charge in [0, 0.05) is 18.1 Å². The molecule has 0 aliphatic carbocycles. The van der Waals surface area contributed by atoms with E-state index in [9.17, 15) is 14.0 Å². The summed E-state index contributed by atoms with van der Waals surface area (Å²) in [6, 6.07) is 10.4. The Hall–Kier alpha value is -2.84. The van der Waals surface area contributed by atoms with Crippen LogP contribution in [0.4, 0.5) is 14.9 Å². The Morgan fingerprint density at radius 3 is 2.74 bits per heavy atom. The zero-order valence-corrected chi connectivity index (χ0v) is 17.7. The molecule has 1 aliphatic heterocycles. The number of amides is 3. The fourth-order valence-corrected chi connectivity index (χ4v) is 3.56. The van der Waals surface area contributed by atoms with Crippen LogP contribution in [-0.4, -0.2) is 49.2 Å². The first-order chi connectivity index (χ1) is 14.9. The molecule has 7 nitrogen and oxygen atoms in total. The van der Waals surface area contributed by atoms with Crippen molar-refractivity contribution in [1.29, 1.82) is 0 Å². The first-order valence-electron chi connectivity index (χ1n) is 10.0. The van der Waals surface area contributed by atoms with E-state index in [1.54, 1.807) is 29.2 Å². The van der Waals surface area contributed by atoms with Gasteiger partial charge in [-0.1, -0.05) is 23.7 Å². The van der Waals surface area contributed by atoms with Gasteiger partial charge in [-0.25, -0.2) is 9.18 Å². The fourth-order valence-electron chi connectivity index (χ4n) is 3.38. The number of carbonyl (C=O) groups is 2. The summed E-state index contributed by atoms with van der Waals surface area (Å²) in [5.41, 5.74) is 6.51. The molecule has 0 bridgehead atoms. The Morgan fingerprint density at radius 2 is 2.00 bits per heavy atom. The second-order valence-electron chi connectivity index (χ2n) is 7.22. The highest BCUT2D eigenvalue weighted by molar-refractivity contribution is 6.31. The summed E-state index contributed by atoms with van der Waals surface area (Å²) in [5, 5.41) is 2.87. The molecule has 1 heterocycles. The maximum Gasteiger partial charge on any atom is 0.316 e. The molecule has 2 aromatic rings. The molecule has 3 rings (SSSR count). The number of hydrogen-bond acceptors (Lipinski definition) is 4. The first-order valence-corrected chi connectivity index (χ1v) is 10.4. The number of nitrogens with two attached hydrogens (primary N) is 1. The number of nitrogens with zero attached hydrogens (tertiary/aromatic N) is 1. The topological polar surface area (TPSA) is 93.9 Å².